The van der Waals surface area contributed by atoms with E-state index in [1.54, 1.807) is 20.8 Å². The fourth-order valence-corrected chi connectivity index (χ4v) is 3.55. The molecule has 0 radical (unpaired) electrons. The lowest BCUT2D eigenvalue weighted by molar-refractivity contribution is -0.167. The van der Waals surface area contributed by atoms with Crippen molar-refractivity contribution in [2.24, 2.45) is 0 Å². The first-order chi connectivity index (χ1) is 14.5. The van der Waals surface area contributed by atoms with Crippen LogP contribution in [0.5, 0.6) is 5.75 Å². The highest BCUT2D eigenvalue weighted by Gasteiger charge is 2.49. The van der Waals surface area contributed by atoms with Crippen LogP contribution < -0.4 is 4.18 Å². The van der Waals surface area contributed by atoms with Crippen molar-refractivity contribution in [3.63, 3.8) is 0 Å². The number of ether oxygens (including phenoxy) is 2. The van der Waals surface area contributed by atoms with Gasteiger partial charge in [0.05, 0.1) is 17.2 Å². The summed E-state index contributed by atoms with van der Waals surface area (Å²) >= 11 is 5.77. The van der Waals surface area contributed by atoms with Gasteiger partial charge in [-0.3, -0.25) is 0 Å². The maximum Gasteiger partial charge on any atom is 0.534 e. The molecule has 0 heterocycles. The molecule has 0 aliphatic rings. The standard InChI is InChI=1S/C20H21ClF4O6S/c1-6-29-18(26)17(30-19(3,4)5)14-10(2)9-12-11(7-8-13(21)15(12)22)16(14)31-32(27,28)20(23,24)25/h7-9,17H,6H2,1-5H3/t17-/m0/s1. The van der Waals surface area contributed by atoms with Crippen LogP contribution in [0.1, 0.15) is 44.9 Å². The van der Waals surface area contributed by atoms with Crippen molar-refractivity contribution in [1.82, 2.24) is 0 Å². The third-order valence-electron chi connectivity index (χ3n) is 4.12. The van der Waals surface area contributed by atoms with E-state index in [9.17, 15) is 30.8 Å². The number of hydrogen-bond acceptors (Lipinski definition) is 6. The Kier molecular flexibility index (Phi) is 7.38. The molecule has 0 bridgehead atoms. The first kappa shape index (κ1) is 26.1. The number of esters is 1. The van der Waals surface area contributed by atoms with Crippen molar-refractivity contribution in [2.45, 2.75) is 51.8 Å². The molecule has 0 amide bonds. The van der Waals surface area contributed by atoms with Crippen LogP contribution in [0.3, 0.4) is 0 Å². The Morgan fingerprint density at radius 3 is 2.25 bits per heavy atom. The number of rotatable bonds is 6. The molecule has 0 fully saturated rings. The van der Waals surface area contributed by atoms with Crippen LogP contribution in [0.25, 0.3) is 10.8 Å². The number of carbonyl (C=O) groups excluding carboxylic acids is 1. The van der Waals surface area contributed by atoms with Crippen LogP contribution in [0.15, 0.2) is 18.2 Å². The van der Waals surface area contributed by atoms with Crippen molar-refractivity contribution in [2.75, 3.05) is 6.61 Å². The topological polar surface area (TPSA) is 78.9 Å². The Morgan fingerprint density at radius 1 is 1.16 bits per heavy atom. The summed E-state index contributed by atoms with van der Waals surface area (Å²) in [4.78, 5) is 12.7. The van der Waals surface area contributed by atoms with E-state index in [0.717, 1.165) is 12.1 Å². The number of aryl methyl sites for hydroxylation is 1. The van der Waals surface area contributed by atoms with Crippen molar-refractivity contribution < 1.29 is 44.4 Å². The second-order valence-electron chi connectivity index (χ2n) is 7.74. The molecular weight excluding hydrogens is 480 g/mol. The van der Waals surface area contributed by atoms with Crippen molar-refractivity contribution in [3.8, 4) is 5.75 Å². The highest BCUT2D eigenvalue weighted by molar-refractivity contribution is 7.88. The zero-order valence-electron chi connectivity index (χ0n) is 17.8. The number of fused-ring (bicyclic) bond motifs is 1. The maximum atomic E-state index is 14.6. The molecule has 0 saturated heterocycles. The second-order valence-corrected chi connectivity index (χ2v) is 9.68. The molecule has 0 aliphatic carbocycles. The smallest absolute Gasteiger partial charge is 0.464 e. The normalized spacial score (nSPS) is 13.8. The summed E-state index contributed by atoms with van der Waals surface area (Å²) in [6.45, 7) is 7.46. The summed E-state index contributed by atoms with van der Waals surface area (Å²) in [5, 5.41) is -1.00. The minimum atomic E-state index is -6.18. The zero-order valence-corrected chi connectivity index (χ0v) is 19.3. The molecule has 32 heavy (non-hydrogen) atoms. The average molecular weight is 501 g/mol. The molecule has 0 spiro atoms. The van der Waals surface area contributed by atoms with Crippen LogP contribution in [-0.4, -0.2) is 32.1 Å². The lowest BCUT2D eigenvalue weighted by atomic mass is 9.95. The third kappa shape index (κ3) is 5.44. The Bertz CT molecular complexity index is 1140. The molecule has 2 rings (SSSR count). The van der Waals surface area contributed by atoms with Gasteiger partial charge in [-0.25, -0.2) is 9.18 Å². The molecule has 0 unspecified atom stereocenters. The fourth-order valence-electron chi connectivity index (χ4n) is 2.89. The van der Waals surface area contributed by atoms with E-state index in [4.69, 9.17) is 21.1 Å². The summed E-state index contributed by atoms with van der Waals surface area (Å²) < 4.78 is 92.8. The number of halogens is 5. The van der Waals surface area contributed by atoms with Crippen molar-refractivity contribution in [1.29, 1.82) is 0 Å². The van der Waals surface area contributed by atoms with Gasteiger partial charge in [0, 0.05) is 16.3 Å². The highest BCUT2D eigenvalue weighted by atomic mass is 35.5. The number of alkyl halides is 3. The molecule has 6 nitrogen and oxygen atoms in total. The molecule has 0 aliphatic heterocycles. The van der Waals surface area contributed by atoms with Gasteiger partial charge in [-0.05, 0) is 58.4 Å². The predicted octanol–water partition coefficient (Wildman–Crippen LogP) is 5.59. The summed E-state index contributed by atoms with van der Waals surface area (Å²) in [5.41, 5.74) is -7.12. The predicted molar refractivity (Wildman–Crippen MR) is 109 cm³/mol. The monoisotopic (exact) mass is 500 g/mol. The summed E-state index contributed by atoms with van der Waals surface area (Å²) in [5.74, 6) is -2.90. The van der Waals surface area contributed by atoms with Crippen molar-refractivity contribution in [3.05, 3.63) is 40.2 Å². The van der Waals surface area contributed by atoms with Gasteiger partial charge in [-0.2, -0.15) is 21.6 Å². The molecule has 2 aromatic carbocycles. The highest BCUT2D eigenvalue weighted by Crippen LogP contribution is 2.43. The molecule has 2 aromatic rings. The van der Waals surface area contributed by atoms with E-state index in [1.165, 1.54) is 19.9 Å². The van der Waals surface area contributed by atoms with E-state index in [-0.39, 0.29) is 33.5 Å². The lowest BCUT2D eigenvalue weighted by Gasteiger charge is -2.29. The lowest BCUT2D eigenvalue weighted by Crippen LogP contribution is -2.31. The summed E-state index contributed by atoms with van der Waals surface area (Å²) in [6, 6.07) is 3.32. The Labute approximate surface area is 187 Å². The molecule has 12 heteroatoms. The van der Waals surface area contributed by atoms with E-state index in [1.807, 2.05) is 0 Å². The average Bonchev–Trinajstić information content (AvgIpc) is 2.62. The minimum Gasteiger partial charge on any atom is -0.464 e. The summed E-state index contributed by atoms with van der Waals surface area (Å²) in [7, 11) is -6.18. The van der Waals surface area contributed by atoms with Gasteiger partial charge in [0.25, 0.3) is 0 Å². The quantitative estimate of drug-likeness (QED) is 0.223. The number of hydrogen-bond donors (Lipinski definition) is 0. The first-order valence-corrected chi connectivity index (χ1v) is 11.0. The van der Waals surface area contributed by atoms with Gasteiger partial charge in [-0.15, -0.1) is 0 Å². The van der Waals surface area contributed by atoms with Crippen molar-refractivity contribution >= 4 is 38.5 Å². The summed E-state index contributed by atoms with van der Waals surface area (Å²) in [6.07, 6.45) is -1.67. The van der Waals surface area contributed by atoms with Crippen LogP contribution in [0.2, 0.25) is 5.02 Å². The van der Waals surface area contributed by atoms with Crippen LogP contribution in [0.4, 0.5) is 17.6 Å². The molecule has 0 N–H and O–H groups in total. The first-order valence-electron chi connectivity index (χ1n) is 9.26. The Hall–Kier alpha value is -2.11. The molecule has 178 valence electrons. The van der Waals surface area contributed by atoms with Crippen LogP contribution in [0, 0.1) is 12.7 Å². The Balaban J connectivity index is 2.96. The van der Waals surface area contributed by atoms with Crippen LogP contribution >= 0.6 is 11.6 Å². The zero-order chi connectivity index (χ0) is 24.6. The maximum absolute atomic E-state index is 14.6. The van der Waals surface area contributed by atoms with Gasteiger partial charge in [0.1, 0.15) is 5.82 Å². The molecule has 0 saturated carbocycles. The van der Waals surface area contributed by atoms with E-state index < -0.39 is 44.9 Å². The van der Waals surface area contributed by atoms with Gasteiger partial charge in [-0.1, -0.05) is 11.6 Å². The molecular formula is C20H21ClF4O6S. The molecule has 0 aromatic heterocycles. The van der Waals surface area contributed by atoms with Gasteiger partial charge >= 0.3 is 21.6 Å². The van der Waals surface area contributed by atoms with Gasteiger partial charge in [0.15, 0.2) is 11.9 Å². The SMILES string of the molecule is CCOC(=O)[C@@H](OC(C)(C)C)c1c(C)cc2c(F)c(Cl)ccc2c1OS(=O)(=O)C(F)(F)F. The third-order valence-corrected chi connectivity index (χ3v) is 5.36. The van der Waals surface area contributed by atoms with E-state index >= 15 is 0 Å². The fraction of sp³-hybridized carbons (Fsp3) is 0.450. The second kappa shape index (κ2) is 9.03. The van der Waals surface area contributed by atoms with E-state index in [2.05, 4.69) is 4.18 Å². The van der Waals surface area contributed by atoms with E-state index in [0.29, 0.717) is 0 Å². The largest absolute Gasteiger partial charge is 0.534 e. The molecule has 1 atom stereocenters. The van der Waals surface area contributed by atoms with Crippen LogP contribution in [-0.2, 0) is 24.4 Å². The number of carbonyl (C=O) groups is 1. The Morgan fingerprint density at radius 2 is 1.75 bits per heavy atom. The van der Waals surface area contributed by atoms with Gasteiger partial charge in [0.2, 0.25) is 0 Å². The number of benzene rings is 2. The van der Waals surface area contributed by atoms with Gasteiger partial charge < -0.3 is 13.7 Å². The minimum absolute atomic E-state index is 0.0216.